The van der Waals surface area contributed by atoms with Crippen molar-refractivity contribution in [1.82, 2.24) is 20.0 Å². The first kappa shape index (κ1) is 22.7. The van der Waals surface area contributed by atoms with E-state index in [1.54, 1.807) is 0 Å². The highest BCUT2D eigenvalue weighted by atomic mass is 19.4. The molecular formula is C24H23F3N4O2. The minimum absolute atomic E-state index is 0.181. The van der Waals surface area contributed by atoms with Crippen molar-refractivity contribution in [3.8, 4) is 5.69 Å². The van der Waals surface area contributed by atoms with E-state index in [0.29, 0.717) is 13.0 Å². The van der Waals surface area contributed by atoms with Crippen molar-refractivity contribution in [2.45, 2.75) is 32.1 Å². The molecule has 2 heterocycles. The fraction of sp³-hybridized carbons (Fsp3) is 0.292. The molecular weight excluding hydrogens is 433 g/mol. The average molecular weight is 456 g/mol. The van der Waals surface area contributed by atoms with Crippen LogP contribution >= 0.6 is 0 Å². The van der Waals surface area contributed by atoms with Crippen molar-refractivity contribution in [2.24, 2.45) is 0 Å². The van der Waals surface area contributed by atoms with E-state index < -0.39 is 28.8 Å². The molecule has 2 aromatic carbocycles. The Morgan fingerprint density at radius 3 is 2.55 bits per heavy atom. The van der Waals surface area contributed by atoms with Crippen LogP contribution in [0.1, 0.15) is 33.7 Å². The summed E-state index contributed by atoms with van der Waals surface area (Å²) in [6, 6.07) is 15.8. The molecule has 1 saturated heterocycles. The molecule has 1 aliphatic rings. The largest absolute Gasteiger partial charge is 0.418 e. The Morgan fingerprint density at radius 2 is 1.82 bits per heavy atom. The van der Waals surface area contributed by atoms with Crippen LogP contribution in [0, 0.1) is 6.92 Å². The lowest BCUT2D eigenvalue weighted by molar-refractivity contribution is -0.137. The second-order valence-electron chi connectivity index (χ2n) is 8.11. The first-order valence-corrected chi connectivity index (χ1v) is 10.6. The van der Waals surface area contributed by atoms with Gasteiger partial charge in [-0.2, -0.15) is 18.3 Å². The number of amides is 1. The van der Waals surface area contributed by atoms with E-state index in [4.69, 9.17) is 0 Å². The Bertz CT molecular complexity index is 1210. The van der Waals surface area contributed by atoms with Crippen molar-refractivity contribution >= 4 is 5.91 Å². The first-order chi connectivity index (χ1) is 15.7. The number of nitrogens with zero attached hydrogens (tertiary/aromatic N) is 3. The molecule has 0 unspecified atom stereocenters. The van der Waals surface area contributed by atoms with E-state index in [-0.39, 0.29) is 17.4 Å². The number of nitrogens with one attached hydrogen (secondary N) is 1. The summed E-state index contributed by atoms with van der Waals surface area (Å²) in [5.41, 5.74) is -0.850. The highest BCUT2D eigenvalue weighted by molar-refractivity contribution is 5.92. The number of aromatic nitrogens is 2. The second-order valence-corrected chi connectivity index (χ2v) is 8.11. The van der Waals surface area contributed by atoms with Crippen LogP contribution < -0.4 is 10.7 Å². The van der Waals surface area contributed by atoms with E-state index in [1.807, 2.05) is 30.3 Å². The monoisotopic (exact) mass is 456 g/mol. The Kier molecular flexibility index (Phi) is 6.33. The zero-order chi connectivity index (χ0) is 23.6. The summed E-state index contributed by atoms with van der Waals surface area (Å²) < 4.78 is 41.4. The third-order valence-electron chi connectivity index (χ3n) is 5.62. The summed E-state index contributed by atoms with van der Waals surface area (Å²) in [6.07, 6.45) is -3.90. The van der Waals surface area contributed by atoms with Crippen LogP contribution in [0.4, 0.5) is 13.2 Å². The summed E-state index contributed by atoms with van der Waals surface area (Å²) in [5, 5.41) is 6.84. The van der Waals surface area contributed by atoms with Gasteiger partial charge in [0.15, 0.2) is 5.69 Å². The lowest BCUT2D eigenvalue weighted by Gasteiger charge is -2.18. The highest BCUT2D eigenvalue weighted by Gasteiger charge is 2.34. The van der Waals surface area contributed by atoms with Gasteiger partial charge in [0.25, 0.3) is 5.91 Å². The summed E-state index contributed by atoms with van der Waals surface area (Å²) >= 11 is 0. The fourth-order valence-electron chi connectivity index (χ4n) is 4.04. The molecule has 1 fully saturated rings. The number of carbonyl (C=O) groups excluding carboxylic acids is 1. The van der Waals surface area contributed by atoms with Gasteiger partial charge in [-0.25, -0.2) is 4.68 Å². The quantitative estimate of drug-likeness (QED) is 0.638. The lowest BCUT2D eigenvalue weighted by atomic mass is 10.1. The van der Waals surface area contributed by atoms with Crippen LogP contribution in [-0.2, 0) is 12.7 Å². The zero-order valence-electron chi connectivity index (χ0n) is 18.0. The standard InChI is InChI=1S/C24H23F3N4O2/c1-16-13-21(32)22(29-31(16)20-10-6-5-9-19(20)24(25,26)27)23(33)28-18-11-12-30(15-18)14-17-7-3-2-4-8-17/h2-10,13,18H,11-12,14-15H2,1H3,(H,28,33)/t18-/m1/s1. The van der Waals surface area contributed by atoms with Gasteiger partial charge in [0, 0.05) is 37.4 Å². The van der Waals surface area contributed by atoms with Gasteiger partial charge in [-0.15, -0.1) is 0 Å². The molecule has 0 spiro atoms. The minimum Gasteiger partial charge on any atom is -0.346 e. The number of para-hydroxylation sites is 1. The summed E-state index contributed by atoms with van der Waals surface area (Å²) in [5.74, 6) is -0.690. The molecule has 0 saturated carbocycles. The molecule has 6 nitrogen and oxygen atoms in total. The van der Waals surface area contributed by atoms with Crippen LogP contribution in [-0.4, -0.2) is 39.7 Å². The Hall–Kier alpha value is -3.46. The topological polar surface area (TPSA) is 67.2 Å². The number of hydrogen-bond acceptors (Lipinski definition) is 4. The van der Waals surface area contributed by atoms with E-state index in [0.717, 1.165) is 35.5 Å². The van der Waals surface area contributed by atoms with Crippen molar-refractivity contribution in [3.63, 3.8) is 0 Å². The van der Waals surface area contributed by atoms with Crippen LogP contribution in [0.15, 0.2) is 65.5 Å². The maximum atomic E-state index is 13.5. The molecule has 1 amide bonds. The van der Waals surface area contributed by atoms with E-state index in [9.17, 15) is 22.8 Å². The number of benzene rings is 2. The maximum Gasteiger partial charge on any atom is 0.418 e. The molecule has 9 heteroatoms. The van der Waals surface area contributed by atoms with Crippen LogP contribution in [0.25, 0.3) is 5.69 Å². The predicted octanol–water partition coefficient (Wildman–Crippen LogP) is 3.56. The summed E-state index contributed by atoms with van der Waals surface area (Å²) in [7, 11) is 0. The Balaban J connectivity index is 1.53. The summed E-state index contributed by atoms with van der Waals surface area (Å²) in [6.45, 7) is 3.61. The number of alkyl halides is 3. The molecule has 1 atom stereocenters. The number of rotatable bonds is 5. The molecule has 0 aliphatic carbocycles. The molecule has 1 N–H and O–H groups in total. The molecule has 1 aromatic heterocycles. The van der Waals surface area contributed by atoms with E-state index in [2.05, 4.69) is 15.3 Å². The van der Waals surface area contributed by atoms with E-state index in [1.165, 1.54) is 25.1 Å². The SMILES string of the molecule is Cc1cc(=O)c(C(=O)N[C@@H]2CCN(Cc3ccccc3)C2)nn1-c1ccccc1C(F)(F)F. The number of halogens is 3. The molecule has 172 valence electrons. The van der Waals surface area contributed by atoms with Crippen LogP contribution in [0.2, 0.25) is 0 Å². The minimum atomic E-state index is -4.61. The van der Waals surface area contributed by atoms with Gasteiger partial charge in [0.05, 0.1) is 11.3 Å². The second kappa shape index (κ2) is 9.19. The van der Waals surface area contributed by atoms with Gasteiger partial charge in [-0.1, -0.05) is 42.5 Å². The van der Waals surface area contributed by atoms with Crippen molar-refractivity contribution in [1.29, 1.82) is 0 Å². The van der Waals surface area contributed by atoms with Crippen molar-refractivity contribution in [3.05, 3.63) is 93.4 Å². The molecule has 3 aromatic rings. The fourth-order valence-corrected chi connectivity index (χ4v) is 4.04. The molecule has 0 radical (unpaired) electrons. The van der Waals surface area contributed by atoms with Gasteiger partial charge in [0.1, 0.15) is 0 Å². The lowest BCUT2D eigenvalue weighted by Crippen LogP contribution is -2.40. The average Bonchev–Trinajstić information content (AvgIpc) is 3.20. The Labute approximate surface area is 188 Å². The van der Waals surface area contributed by atoms with Gasteiger partial charge in [-0.3, -0.25) is 14.5 Å². The number of hydrogen-bond donors (Lipinski definition) is 1. The Morgan fingerprint density at radius 1 is 1.12 bits per heavy atom. The normalized spacial score (nSPS) is 16.7. The first-order valence-electron chi connectivity index (χ1n) is 10.6. The van der Waals surface area contributed by atoms with E-state index >= 15 is 0 Å². The van der Waals surface area contributed by atoms with Crippen LogP contribution in [0.3, 0.4) is 0 Å². The molecule has 33 heavy (non-hydrogen) atoms. The highest BCUT2D eigenvalue weighted by Crippen LogP contribution is 2.33. The molecule has 0 bridgehead atoms. The predicted molar refractivity (Wildman–Crippen MR) is 117 cm³/mol. The molecule has 1 aliphatic heterocycles. The number of carbonyl (C=O) groups is 1. The smallest absolute Gasteiger partial charge is 0.346 e. The third kappa shape index (κ3) is 5.14. The van der Waals surface area contributed by atoms with Gasteiger partial charge >= 0.3 is 6.18 Å². The third-order valence-corrected chi connectivity index (χ3v) is 5.62. The van der Waals surface area contributed by atoms with Crippen molar-refractivity contribution in [2.75, 3.05) is 13.1 Å². The number of aryl methyl sites for hydroxylation is 1. The number of likely N-dealkylation sites (tertiary alicyclic amines) is 1. The van der Waals surface area contributed by atoms with Gasteiger partial charge < -0.3 is 5.32 Å². The van der Waals surface area contributed by atoms with Crippen molar-refractivity contribution < 1.29 is 18.0 Å². The van der Waals surface area contributed by atoms with Gasteiger partial charge in [-0.05, 0) is 31.0 Å². The van der Waals surface area contributed by atoms with Crippen LogP contribution in [0.5, 0.6) is 0 Å². The summed E-state index contributed by atoms with van der Waals surface area (Å²) in [4.78, 5) is 27.5. The molecule has 4 rings (SSSR count). The van der Waals surface area contributed by atoms with Gasteiger partial charge in [0.2, 0.25) is 5.43 Å². The maximum absolute atomic E-state index is 13.5. The zero-order valence-corrected chi connectivity index (χ0v) is 18.0.